The highest BCUT2D eigenvalue weighted by molar-refractivity contribution is 6.04. The van der Waals surface area contributed by atoms with E-state index in [0.717, 1.165) is 27.9 Å². The molecule has 156 valence electrons. The second-order valence-electron chi connectivity index (χ2n) is 7.38. The Hall–Kier alpha value is -4.51. The predicted octanol–water partition coefficient (Wildman–Crippen LogP) is 2.97. The number of carbonyl (C=O) groups is 1. The summed E-state index contributed by atoms with van der Waals surface area (Å²) in [6.07, 6.45) is 2.46. The van der Waals surface area contributed by atoms with Crippen molar-refractivity contribution in [2.75, 3.05) is 6.54 Å². The zero-order chi connectivity index (χ0) is 21.9. The summed E-state index contributed by atoms with van der Waals surface area (Å²) >= 11 is 0. The zero-order valence-corrected chi connectivity index (χ0v) is 17.1. The average molecular weight is 421 g/mol. The van der Waals surface area contributed by atoms with Gasteiger partial charge in [0.1, 0.15) is 5.82 Å². The van der Waals surface area contributed by atoms with Gasteiger partial charge < -0.3 is 5.32 Å². The van der Waals surface area contributed by atoms with Crippen LogP contribution in [0.3, 0.4) is 0 Å². The lowest BCUT2D eigenvalue weighted by atomic mass is 10.1. The van der Waals surface area contributed by atoms with Gasteiger partial charge in [-0.2, -0.15) is 10.4 Å². The molecule has 8 heteroatoms. The van der Waals surface area contributed by atoms with Gasteiger partial charge in [0.2, 0.25) is 0 Å². The smallest absolute Gasteiger partial charge is 0.272 e. The monoisotopic (exact) mass is 421 g/mol. The van der Waals surface area contributed by atoms with Crippen LogP contribution in [-0.4, -0.2) is 36.8 Å². The molecule has 3 aromatic heterocycles. The number of pyridine rings is 1. The Morgan fingerprint density at radius 1 is 1.00 bits per heavy atom. The van der Waals surface area contributed by atoms with Gasteiger partial charge >= 0.3 is 0 Å². The molecule has 32 heavy (non-hydrogen) atoms. The predicted molar refractivity (Wildman–Crippen MR) is 119 cm³/mol. The van der Waals surface area contributed by atoms with Gasteiger partial charge in [-0.1, -0.05) is 36.4 Å². The SMILES string of the molecule is N#Cc1ccc(Cn2nc(C(=O)NCCc3nnc4ccccn34)c3ccccc32)cc1. The number of nitrogens with one attached hydrogen (secondary N) is 1. The lowest BCUT2D eigenvalue weighted by Crippen LogP contribution is -2.27. The Kier molecular flexibility index (Phi) is 5.06. The molecule has 0 radical (unpaired) electrons. The van der Waals surface area contributed by atoms with E-state index < -0.39 is 0 Å². The molecule has 5 rings (SSSR count). The maximum absolute atomic E-state index is 12.9. The van der Waals surface area contributed by atoms with Crippen molar-refractivity contribution in [3.8, 4) is 6.07 Å². The number of nitrogens with zero attached hydrogens (tertiary/aromatic N) is 6. The molecule has 0 fully saturated rings. The molecule has 2 aromatic carbocycles. The fourth-order valence-corrected chi connectivity index (χ4v) is 3.71. The molecule has 0 saturated carbocycles. The van der Waals surface area contributed by atoms with E-state index in [0.29, 0.717) is 30.8 Å². The molecule has 8 nitrogen and oxygen atoms in total. The zero-order valence-electron chi connectivity index (χ0n) is 17.1. The highest BCUT2D eigenvalue weighted by Crippen LogP contribution is 2.20. The number of para-hydroxylation sites is 1. The van der Waals surface area contributed by atoms with Gasteiger partial charge in [-0.3, -0.25) is 13.9 Å². The van der Waals surface area contributed by atoms with E-state index >= 15 is 0 Å². The summed E-state index contributed by atoms with van der Waals surface area (Å²) in [5.41, 5.74) is 3.66. The van der Waals surface area contributed by atoms with Crippen molar-refractivity contribution in [3.05, 3.63) is 95.6 Å². The Morgan fingerprint density at radius 3 is 2.66 bits per heavy atom. The fourth-order valence-electron chi connectivity index (χ4n) is 3.71. The molecule has 0 saturated heterocycles. The van der Waals surface area contributed by atoms with E-state index in [1.165, 1.54) is 0 Å². The third kappa shape index (κ3) is 3.68. The van der Waals surface area contributed by atoms with Gasteiger partial charge in [-0.05, 0) is 35.9 Å². The van der Waals surface area contributed by atoms with Crippen molar-refractivity contribution >= 4 is 22.5 Å². The molecule has 1 amide bonds. The second kappa shape index (κ2) is 8.32. The van der Waals surface area contributed by atoms with Crippen LogP contribution in [0, 0.1) is 11.3 Å². The molecule has 0 aliphatic heterocycles. The number of carbonyl (C=O) groups excluding carboxylic acids is 1. The first-order chi connectivity index (χ1) is 15.7. The number of nitriles is 1. The molecule has 0 bridgehead atoms. The van der Waals surface area contributed by atoms with Crippen LogP contribution >= 0.6 is 0 Å². The van der Waals surface area contributed by atoms with Crippen LogP contribution in [0.4, 0.5) is 0 Å². The molecular weight excluding hydrogens is 402 g/mol. The minimum absolute atomic E-state index is 0.228. The van der Waals surface area contributed by atoms with Crippen molar-refractivity contribution in [2.45, 2.75) is 13.0 Å². The van der Waals surface area contributed by atoms with E-state index in [-0.39, 0.29) is 5.91 Å². The van der Waals surface area contributed by atoms with E-state index in [2.05, 4.69) is 26.7 Å². The molecule has 0 spiro atoms. The maximum atomic E-state index is 12.9. The molecule has 1 N–H and O–H groups in total. The van der Waals surface area contributed by atoms with Crippen LogP contribution in [0.25, 0.3) is 16.6 Å². The lowest BCUT2D eigenvalue weighted by Gasteiger charge is -2.04. The average Bonchev–Trinajstić information content (AvgIpc) is 3.41. The summed E-state index contributed by atoms with van der Waals surface area (Å²) in [6, 6.07) is 22.9. The highest BCUT2D eigenvalue weighted by atomic mass is 16.1. The number of rotatable bonds is 6. The first kappa shape index (κ1) is 19.5. The fraction of sp³-hybridized carbons (Fsp3) is 0.125. The minimum Gasteiger partial charge on any atom is -0.350 e. The molecule has 0 unspecified atom stereocenters. The van der Waals surface area contributed by atoms with Gasteiger partial charge in [-0.25, -0.2) is 0 Å². The number of aromatic nitrogens is 5. The second-order valence-corrected chi connectivity index (χ2v) is 7.38. The van der Waals surface area contributed by atoms with Gasteiger partial charge in [0.05, 0.1) is 23.7 Å². The van der Waals surface area contributed by atoms with Crippen LogP contribution in [0.2, 0.25) is 0 Å². The van der Waals surface area contributed by atoms with E-state index in [9.17, 15) is 4.79 Å². The van der Waals surface area contributed by atoms with Crippen molar-refractivity contribution in [3.63, 3.8) is 0 Å². The molecule has 5 aromatic rings. The van der Waals surface area contributed by atoms with E-state index in [4.69, 9.17) is 5.26 Å². The molecule has 0 aliphatic carbocycles. The number of amides is 1. The highest BCUT2D eigenvalue weighted by Gasteiger charge is 2.17. The Bertz CT molecular complexity index is 1460. The number of fused-ring (bicyclic) bond motifs is 2. The summed E-state index contributed by atoms with van der Waals surface area (Å²) < 4.78 is 3.73. The van der Waals surface area contributed by atoms with Crippen LogP contribution in [0.15, 0.2) is 72.9 Å². The van der Waals surface area contributed by atoms with Gasteiger partial charge in [-0.15, -0.1) is 10.2 Å². The first-order valence-electron chi connectivity index (χ1n) is 10.2. The summed E-state index contributed by atoms with van der Waals surface area (Å²) in [7, 11) is 0. The lowest BCUT2D eigenvalue weighted by molar-refractivity contribution is 0.0949. The third-order valence-electron chi connectivity index (χ3n) is 5.31. The Morgan fingerprint density at radius 2 is 1.81 bits per heavy atom. The van der Waals surface area contributed by atoms with Crippen LogP contribution < -0.4 is 5.32 Å². The normalized spacial score (nSPS) is 11.0. The first-order valence-corrected chi connectivity index (χ1v) is 10.2. The molecule has 3 heterocycles. The maximum Gasteiger partial charge on any atom is 0.272 e. The third-order valence-corrected chi connectivity index (χ3v) is 5.31. The van der Waals surface area contributed by atoms with E-state index in [1.54, 1.807) is 12.1 Å². The number of hydrogen-bond acceptors (Lipinski definition) is 5. The van der Waals surface area contributed by atoms with Gasteiger partial charge in [0.25, 0.3) is 5.91 Å². The quantitative estimate of drug-likeness (QED) is 0.454. The molecule has 0 atom stereocenters. The van der Waals surface area contributed by atoms with Crippen molar-refractivity contribution < 1.29 is 4.79 Å². The summed E-state index contributed by atoms with van der Waals surface area (Å²) in [6.45, 7) is 0.927. The van der Waals surface area contributed by atoms with Crippen molar-refractivity contribution in [2.24, 2.45) is 0 Å². The van der Waals surface area contributed by atoms with Crippen LogP contribution in [0.5, 0.6) is 0 Å². The van der Waals surface area contributed by atoms with Crippen LogP contribution in [-0.2, 0) is 13.0 Å². The Balaban J connectivity index is 1.34. The standard InChI is InChI=1S/C24H19N7O/c25-15-17-8-10-18(11-9-17)16-31-20-6-2-1-5-19(20)23(29-31)24(32)26-13-12-22-28-27-21-7-3-4-14-30(21)22/h1-11,14H,12-13,16H2,(H,26,32). The topological polar surface area (TPSA) is 101 Å². The molecule has 0 aliphatic rings. The van der Waals surface area contributed by atoms with Crippen LogP contribution in [0.1, 0.15) is 27.4 Å². The largest absolute Gasteiger partial charge is 0.350 e. The van der Waals surface area contributed by atoms with Crippen molar-refractivity contribution in [1.82, 2.24) is 29.7 Å². The van der Waals surface area contributed by atoms with Gasteiger partial charge in [0, 0.05) is 24.5 Å². The molecular formula is C24H19N7O. The Labute approximate surface area is 183 Å². The summed E-state index contributed by atoms with van der Waals surface area (Å²) in [4.78, 5) is 12.9. The number of benzene rings is 2. The summed E-state index contributed by atoms with van der Waals surface area (Å²) in [5, 5.41) is 25.7. The summed E-state index contributed by atoms with van der Waals surface area (Å²) in [5.74, 6) is 0.561. The van der Waals surface area contributed by atoms with E-state index in [1.807, 2.05) is 69.9 Å². The van der Waals surface area contributed by atoms with Gasteiger partial charge in [0.15, 0.2) is 11.3 Å². The number of hydrogen-bond donors (Lipinski definition) is 1. The van der Waals surface area contributed by atoms with Crippen molar-refractivity contribution in [1.29, 1.82) is 5.26 Å². The minimum atomic E-state index is -0.228.